The number of benzene rings is 1. The minimum Gasteiger partial charge on any atom is -0.493 e. The second-order valence-corrected chi connectivity index (χ2v) is 8.21. The van der Waals surface area contributed by atoms with E-state index in [1.54, 1.807) is 13.3 Å². The fourth-order valence-corrected chi connectivity index (χ4v) is 5.27. The van der Waals surface area contributed by atoms with Gasteiger partial charge in [-0.3, -0.25) is 4.79 Å². The molecule has 26 heavy (non-hydrogen) atoms. The van der Waals surface area contributed by atoms with Gasteiger partial charge in [0.2, 0.25) is 0 Å². The van der Waals surface area contributed by atoms with Crippen molar-refractivity contribution >= 4 is 12.2 Å². The molecule has 2 N–H and O–H groups in total. The number of hydrogen-bond acceptors (Lipinski definition) is 4. The SMILES string of the molecule is COc1ccc(C2(C=N)CCC(C(=O)O)CC2)c2c1OC1(CCCC1)C2. The first-order valence-electron chi connectivity index (χ1n) is 9.66. The number of hydrogen-bond donors (Lipinski definition) is 2. The zero-order chi connectivity index (χ0) is 18.4. The summed E-state index contributed by atoms with van der Waals surface area (Å²) in [7, 11) is 1.67. The lowest BCUT2D eigenvalue weighted by Crippen LogP contribution is -2.36. The Morgan fingerprint density at radius 1 is 1.27 bits per heavy atom. The fraction of sp³-hybridized carbons (Fsp3) is 0.619. The second-order valence-electron chi connectivity index (χ2n) is 8.21. The molecular weight excluding hydrogens is 330 g/mol. The van der Waals surface area contributed by atoms with E-state index in [-0.39, 0.29) is 16.9 Å². The van der Waals surface area contributed by atoms with E-state index < -0.39 is 5.97 Å². The molecular formula is C21H27NO4. The summed E-state index contributed by atoms with van der Waals surface area (Å²) >= 11 is 0. The largest absolute Gasteiger partial charge is 0.493 e. The van der Waals surface area contributed by atoms with E-state index in [1.807, 2.05) is 6.07 Å². The van der Waals surface area contributed by atoms with Crippen LogP contribution in [-0.2, 0) is 16.6 Å². The Hall–Kier alpha value is -2.04. The third kappa shape index (κ3) is 2.60. The highest BCUT2D eigenvalue weighted by Crippen LogP contribution is 2.53. The molecule has 2 fully saturated rings. The molecule has 5 heteroatoms. The van der Waals surface area contributed by atoms with E-state index in [0.29, 0.717) is 25.7 Å². The molecule has 1 heterocycles. The standard InChI is InChI=1S/C21H27NO4/c1-25-17-5-4-16(15-12-21(26-18(15)17)8-2-3-9-21)20(13-22)10-6-14(7-11-20)19(23)24/h4-5,13-14,22H,2-3,6-12H2,1H3,(H,23,24). The summed E-state index contributed by atoms with van der Waals surface area (Å²) in [6.45, 7) is 0. The van der Waals surface area contributed by atoms with Crippen LogP contribution < -0.4 is 9.47 Å². The van der Waals surface area contributed by atoms with Crippen LogP contribution in [0, 0.1) is 11.3 Å². The zero-order valence-corrected chi connectivity index (χ0v) is 15.3. The summed E-state index contributed by atoms with van der Waals surface area (Å²) in [5.74, 6) is 0.629. The van der Waals surface area contributed by atoms with Crippen LogP contribution in [0.25, 0.3) is 0 Å². The summed E-state index contributed by atoms with van der Waals surface area (Å²) in [5, 5.41) is 17.5. The van der Waals surface area contributed by atoms with Crippen LogP contribution >= 0.6 is 0 Å². The molecule has 0 aromatic heterocycles. The maximum absolute atomic E-state index is 11.3. The van der Waals surface area contributed by atoms with Crippen LogP contribution in [0.15, 0.2) is 12.1 Å². The van der Waals surface area contributed by atoms with Crippen LogP contribution in [-0.4, -0.2) is 30.0 Å². The average Bonchev–Trinajstić information content (AvgIpc) is 3.27. The van der Waals surface area contributed by atoms with Gasteiger partial charge in [-0.25, -0.2) is 0 Å². The molecule has 2 saturated carbocycles. The number of ether oxygens (including phenoxy) is 2. The Labute approximate surface area is 154 Å². The van der Waals surface area contributed by atoms with Crippen LogP contribution in [0.3, 0.4) is 0 Å². The van der Waals surface area contributed by atoms with Crippen molar-refractivity contribution in [3.8, 4) is 11.5 Å². The lowest BCUT2D eigenvalue weighted by Gasteiger charge is -2.37. The van der Waals surface area contributed by atoms with Crippen molar-refractivity contribution in [3.63, 3.8) is 0 Å². The molecule has 0 bridgehead atoms. The summed E-state index contributed by atoms with van der Waals surface area (Å²) < 4.78 is 12.0. The summed E-state index contributed by atoms with van der Waals surface area (Å²) in [6.07, 6.45) is 9.63. The topological polar surface area (TPSA) is 79.6 Å². The number of carboxylic acid groups (broad SMARTS) is 1. The van der Waals surface area contributed by atoms with Crippen molar-refractivity contribution < 1.29 is 19.4 Å². The highest BCUT2D eigenvalue weighted by Gasteiger charge is 2.47. The quantitative estimate of drug-likeness (QED) is 0.795. The number of methoxy groups -OCH3 is 1. The van der Waals surface area contributed by atoms with Crippen molar-refractivity contribution in [3.05, 3.63) is 23.3 Å². The minimum atomic E-state index is -0.711. The molecule has 0 radical (unpaired) electrons. The Kier molecular flexibility index (Phi) is 4.20. The van der Waals surface area contributed by atoms with Crippen molar-refractivity contribution in [2.75, 3.05) is 7.11 Å². The van der Waals surface area contributed by atoms with E-state index in [9.17, 15) is 9.90 Å². The number of fused-ring (bicyclic) bond motifs is 1. The average molecular weight is 357 g/mol. The Bertz CT molecular complexity index is 728. The molecule has 2 aliphatic carbocycles. The molecule has 1 aromatic rings. The van der Waals surface area contributed by atoms with E-state index in [4.69, 9.17) is 14.9 Å². The van der Waals surface area contributed by atoms with Gasteiger partial charge in [0.05, 0.1) is 13.0 Å². The van der Waals surface area contributed by atoms with Crippen molar-refractivity contribution in [2.24, 2.45) is 5.92 Å². The van der Waals surface area contributed by atoms with Gasteiger partial charge >= 0.3 is 5.97 Å². The van der Waals surface area contributed by atoms with E-state index in [1.165, 1.54) is 18.4 Å². The molecule has 0 saturated heterocycles. The molecule has 4 rings (SSSR count). The molecule has 5 nitrogen and oxygen atoms in total. The van der Waals surface area contributed by atoms with Gasteiger partial charge in [-0.05, 0) is 63.0 Å². The molecule has 0 atom stereocenters. The Morgan fingerprint density at radius 3 is 2.54 bits per heavy atom. The first-order chi connectivity index (χ1) is 12.5. The van der Waals surface area contributed by atoms with E-state index in [2.05, 4.69) is 6.07 Å². The van der Waals surface area contributed by atoms with Gasteiger partial charge < -0.3 is 20.0 Å². The summed E-state index contributed by atoms with van der Waals surface area (Å²) in [6, 6.07) is 4.04. The number of nitrogens with one attached hydrogen (secondary N) is 1. The molecule has 0 amide bonds. The molecule has 1 aliphatic heterocycles. The summed E-state index contributed by atoms with van der Waals surface area (Å²) in [4.78, 5) is 11.3. The summed E-state index contributed by atoms with van der Waals surface area (Å²) in [5.41, 5.74) is 1.85. The van der Waals surface area contributed by atoms with Crippen molar-refractivity contribution in [2.45, 2.75) is 68.8 Å². The molecule has 1 aromatic carbocycles. The number of aliphatic carboxylic acids is 1. The van der Waals surface area contributed by atoms with Gasteiger partial charge in [0.25, 0.3) is 0 Å². The Balaban J connectivity index is 1.73. The predicted molar refractivity (Wildman–Crippen MR) is 98.6 cm³/mol. The minimum absolute atomic E-state index is 0.104. The number of rotatable bonds is 4. The molecule has 1 spiro atoms. The maximum Gasteiger partial charge on any atom is 0.306 e. The monoisotopic (exact) mass is 357 g/mol. The lowest BCUT2D eigenvalue weighted by atomic mass is 9.65. The van der Waals surface area contributed by atoms with Gasteiger partial charge in [0.15, 0.2) is 11.5 Å². The van der Waals surface area contributed by atoms with Gasteiger partial charge in [-0.2, -0.15) is 0 Å². The van der Waals surface area contributed by atoms with Crippen LogP contribution in [0.1, 0.15) is 62.5 Å². The van der Waals surface area contributed by atoms with Crippen LogP contribution in [0.2, 0.25) is 0 Å². The fourth-order valence-electron chi connectivity index (χ4n) is 5.27. The van der Waals surface area contributed by atoms with E-state index >= 15 is 0 Å². The van der Waals surface area contributed by atoms with Crippen LogP contribution in [0.5, 0.6) is 11.5 Å². The van der Waals surface area contributed by atoms with Gasteiger partial charge in [-0.1, -0.05) is 6.07 Å². The molecule has 0 unspecified atom stereocenters. The normalized spacial score (nSPS) is 29.2. The first-order valence-corrected chi connectivity index (χ1v) is 9.66. The predicted octanol–water partition coefficient (Wildman–Crippen LogP) is 4.11. The lowest BCUT2D eigenvalue weighted by molar-refractivity contribution is -0.143. The van der Waals surface area contributed by atoms with Gasteiger partial charge in [0.1, 0.15) is 5.60 Å². The van der Waals surface area contributed by atoms with Crippen molar-refractivity contribution in [1.29, 1.82) is 5.41 Å². The first kappa shape index (κ1) is 17.4. The van der Waals surface area contributed by atoms with Gasteiger partial charge in [-0.15, -0.1) is 0 Å². The number of carboxylic acids is 1. The van der Waals surface area contributed by atoms with Crippen molar-refractivity contribution in [1.82, 2.24) is 0 Å². The van der Waals surface area contributed by atoms with Gasteiger partial charge in [0, 0.05) is 23.6 Å². The highest BCUT2D eigenvalue weighted by molar-refractivity contribution is 5.76. The highest BCUT2D eigenvalue weighted by atomic mass is 16.5. The van der Waals surface area contributed by atoms with E-state index in [0.717, 1.165) is 36.3 Å². The third-order valence-electron chi connectivity index (χ3n) is 6.82. The smallest absolute Gasteiger partial charge is 0.306 e. The Morgan fingerprint density at radius 2 is 1.96 bits per heavy atom. The maximum atomic E-state index is 11.3. The number of carbonyl (C=O) groups is 1. The zero-order valence-electron chi connectivity index (χ0n) is 15.3. The second kappa shape index (κ2) is 6.29. The third-order valence-corrected chi connectivity index (χ3v) is 6.82. The molecule has 3 aliphatic rings. The van der Waals surface area contributed by atoms with Crippen LogP contribution in [0.4, 0.5) is 0 Å². The molecule has 140 valence electrons.